The molecule has 2 rings (SSSR count). The largest absolute Gasteiger partial charge is 0.493 e. The van der Waals surface area contributed by atoms with Crippen molar-refractivity contribution >= 4 is 12.4 Å². The third-order valence-electron chi connectivity index (χ3n) is 3.49. The summed E-state index contributed by atoms with van der Waals surface area (Å²) >= 11 is 0. The highest BCUT2D eigenvalue weighted by atomic mass is 16.5. The topological polar surface area (TPSA) is 66.8 Å². The highest BCUT2D eigenvalue weighted by Crippen LogP contribution is 2.41. The van der Waals surface area contributed by atoms with E-state index in [2.05, 4.69) is 0 Å². The maximum atomic E-state index is 11.9. The Kier molecular flexibility index (Phi) is 3.74. The second kappa shape index (κ2) is 5.30. The van der Waals surface area contributed by atoms with Gasteiger partial charge in [-0.05, 0) is 12.5 Å². The Morgan fingerprint density at radius 2 is 2.26 bits per heavy atom. The Labute approximate surface area is 111 Å². The number of ether oxygens (including phenoxy) is 1. The Morgan fingerprint density at radius 1 is 1.53 bits per heavy atom. The molecule has 0 bridgehead atoms. The first-order valence-electron chi connectivity index (χ1n) is 6.34. The van der Waals surface area contributed by atoms with Crippen molar-refractivity contribution in [2.75, 3.05) is 13.2 Å². The van der Waals surface area contributed by atoms with Crippen LogP contribution >= 0.6 is 0 Å². The van der Waals surface area contributed by atoms with E-state index in [4.69, 9.17) is 4.74 Å². The maximum Gasteiger partial charge on any atom is 0.334 e. The molecule has 1 aliphatic rings. The van der Waals surface area contributed by atoms with Crippen LogP contribution in [-0.2, 0) is 15.1 Å². The molecule has 1 aliphatic heterocycles. The Morgan fingerprint density at radius 3 is 2.89 bits per heavy atom. The molecule has 5 heteroatoms. The molecule has 0 aliphatic carbocycles. The van der Waals surface area contributed by atoms with Gasteiger partial charge in [-0.2, -0.15) is 0 Å². The molecule has 1 aromatic carbocycles. The minimum absolute atomic E-state index is 0.262. The fraction of sp³-hybridized carbons (Fsp3) is 0.429. The molecule has 0 radical (unpaired) electrons. The second-order valence-electron chi connectivity index (χ2n) is 4.56. The van der Waals surface area contributed by atoms with E-state index in [1.54, 1.807) is 24.3 Å². The first-order valence-corrected chi connectivity index (χ1v) is 6.34. The third kappa shape index (κ3) is 2.05. The number of carbonyl (C=O) groups excluding carboxylic acids is 1. The molecule has 1 N–H and O–H groups in total. The Bertz CT molecular complexity index is 488. The van der Waals surface area contributed by atoms with Gasteiger partial charge >= 0.3 is 5.97 Å². The van der Waals surface area contributed by atoms with Crippen LogP contribution in [0.5, 0.6) is 5.75 Å². The van der Waals surface area contributed by atoms with Crippen LogP contribution in [0.15, 0.2) is 24.3 Å². The van der Waals surface area contributed by atoms with Crippen LogP contribution in [0.25, 0.3) is 0 Å². The van der Waals surface area contributed by atoms with Crippen LogP contribution in [0.4, 0.5) is 0 Å². The number of para-hydroxylation sites is 1. The molecule has 0 aromatic heterocycles. The van der Waals surface area contributed by atoms with Gasteiger partial charge < -0.3 is 14.7 Å². The Hall–Kier alpha value is -2.04. The average molecular weight is 263 g/mol. The van der Waals surface area contributed by atoms with Crippen molar-refractivity contribution < 1.29 is 19.4 Å². The number of carboxylic acids is 1. The van der Waals surface area contributed by atoms with E-state index in [0.29, 0.717) is 30.7 Å². The quantitative estimate of drug-likeness (QED) is 0.820. The van der Waals surface area contributed by atoms with Crippen molar-refractivity contribution in [2.24, 2.45) is 0 Å². The van der Waals surface area contributed by atoms with Crippen LogP contribution < -0.4 is 4.74 Å². The lowest BCUT2D eigenvalue weighted by Crippen LogP contribution is -2.54. The van der Waals surface area contributed by atoms with E-state index in [9.17, 15) is 14.7 Å². The molecule has 1 aromatic rings. The van der Waals surface area contributed by atoms with E-state index >= 15 is 0 Å². The SMILES string of the molecule is CCCN(C=O)C1(C(=O)O)CCOc2ccccc21. The number of aliphatic carboxylic acids is 1. The summed E-state index contributed by atoms with van der Waals surface area (Å²) in [5.41, 5.74) is -0.763. The van der Waals surface area contributed by atoms with E-state index < -0.39 is 11.5 Å². The summed E-state index contributed by atoms with van der Waals surface area (Å²) < 4.78 is 5.50. The first-order chi connectivity index (χ1) is 9.16. The first kappa shape index (κ1) is 13.4. The fourth-order valence-electron chi connectivity index (χ4n) is 2.60. The summed E-state index contributed by atoms with van der Waals surface area (Å²) in [6.07, 6.45) is 1.59. The van der Waals surface area contributed by atoms with Gasteiger partial charge in [-0.3, -0.25) is 4.79 Å². The molecule has 102 valence electrons. The van der Waals surface area contributed by atoms with Gasteiger partial charge in [0.05, 0.1) is 6.61 Å². The minimum atomic E-state index is -1.31. The standard InChI is InChI=1S/C14H17NO4/c1-2-8-15(10-16)14(13(17)18)7-9-19-12-6-4-3-5-11(12)14/h3-6,10H,2,7-9H2,1H3,(H,17,18). The van der Waals surface area contributed by atoms with Crippen LogP contribution in [0.3, 0.4) is 0 Å². The molecule has 1 atom stereocenters. The molecule has 0 saturated carbocycles. The molecule has 1 heterocycles. The molecule has 1 unspecified atom stereocenters. The summed E-state index contributed by atoms with van der Waals surface area (Å²) in [6, 6.07) is 7.01. The summed E-state index contributed by atoms with van der Waals surface area (Å²) in [5.74, 6) is -0.470. The maximum absolute atomic E-state index is 11.9. The lowest BCUT2D eigenvalue weighted by atomic mass is 9.83. The van der Waals surface area contributed by atoms with Crippen molar-refractivity contribution in [3.8, 4) is 5.75 Å². The molecular weight excluding hydrogens is 246 g/mol. The molecule has 5 nitrogen and oxygen atoms in total. The van der Waals surface area contributed by atoms with Gasteiger partial charge in [0.2, 0.25) is 6.41 Å². The lowest BCUT2D eigenvalue weighted by Gasteiger charge is -2.41. The molecule has 1 amide bonds. The normalized spacial score (nSPS) is 21.1. The molecule has 0 spiro atoms. The van der Waals surface area contributed by atoms with Crippen molar-refractivity contribution in [1.29, 1.82) is 0 Å². The highest BCUT2D eigenvalue weighted by Gasteiger charge is 2.49. The molecule has 0 saturated heterocycles. The van der Waals surface area contributed by atoms with Gasteiger partial charge in [0.15, 0.2) is 5.54 Å². The monoisotopic (exact) mass is 263 g/mol. The van der Waals surface area contributed by atoms with Gasteiger partial charge in [0.25, 0.3) is 0 Å². The van der Waals surface area contributed by atoms with Crippen LogP contribution in [-0.4, -0.2) is 35.5 Å². The zero-order chi connectivity index (χ0) is 13.9. The molecule has 0 fully saturated rings. The Balaban J connectivity index is 2.58. The minimum Gasteiger partial charge on any atom is -0.493 e. The number of rotatable bonds is 5. The molecule has 19 heavy (non-hydrogen) atoms. The fourth-order valence-corrected chi connectivity index (χ4v) is 2.60. The number of benzene rings is 1. The number of hydrogen-bond donors (Lipinski definition) is 1. The summed E-state index contributed by atoms with van der Waals surface area (Å²) in [5, 5.41) is 9.71. The summed E-state index contributed by atoms with van der Waals surface area (Å²) in [6.45, 7) is 2.61. The number of fused-ring (bicyclic) bond motifs is 1. The van der Waals surface area contributed by atoms with Gasteiger partial charge in [0.1, 0.15) is 5.75 Å². The predicted octanol–water partition coefficient (Wildman–Crippen LogP) is 1.62. The third-order valence-corrected chi connectivity index (χ3v) is 3.49. The van der Waals surface area contributed by atoms with Crippen molar-refractivity contribution in [2.45, 2.75) is 25.3 Å². The van der Waals surface area contributed by atoms with E-state index in [1.807, 2.05) is 6.92 Å². The van der Waals surface area contributed by atoms with Crippen molar-refractivity contribution in [3.05, 3.63) is 29.8 Å². The zero-order valence-electron chi connectivity index (χ0n) is 10.8. The predicted molar refractivity (Wildman–Crippen MR) is 68.9 cm³/mol. The number of nitrogens with zero attached hydrogens (tertiary/aromatic N) is 1. The van der Waals surface area contributed by atoms with Crippen LogP contribution in [0, 0.1) is 0 Å². The lowest BCUT2D eigenvalue weighted by molar-refractivity contribution is -0.158. The second-order valence-corrected chi connectivity index (χ2v) is 4.56. The van der Waals surface area contributed by atoms with E-state index in [0.717, 1.165) is 0 Å². The molecular formula is C14H17NO4. The smallest absolute Gasteiger partial charge is 0.334 e. The van der Waals surface area contributed by atoms with Crippen LogP contribution in [0.1, 0.15) is 25.3 Å². The van der Waals surface area contributed by atoms with Crippen molar-refractivity contribution in [3.63, 3.8) is 0 Å². The number of amides is 1. The van der Waals surface area contributed by atoms with E-state index in [1.165, 1.54) is 4.90 Å². The number of hydrogen-bond acceptors (Lipinski definition) is 3. The van der Waals surface area contributed by atoms with Crippen LogP contribution in [0.2, 0.25) is 0 Å². The van der Waals surface area contributed by atoms with Gasteiger partial charge in [0, 0.05) is 18.5 Å². The summed E-state index contributed by atoms with van der Waals surface area (Å²) in [7, 11) is 0. The van der Waals surface area contributed by atoms with E-state index in [-0.39, 0.29) is 13.0 Å². The highest BCUT2D eigenvalue weighted by molar-refractivity contribution is 5.84. The van der Waals surface area contributed by atoms with Gasteiger partial charge in [-0.1, -0.05) is 25.1 Å². The van der Waals surface area contributed by atoms with Crippen molar-refractivity contribution in [1.82, 2.24) is 4.90 Å². The van der Waals surface area contributed by atoms with Gasteiger partial charge in [-0.15, -0.1) is 0 Å². The zero-order valence-corrected chi connectivity index (χ0v) is 10.8. The average Bonchev–Trinajstić information content (AvgIpc) is 2.44. The number of carboxylic acid groups (broad SMARTS) is 1. The summed E-state index contributed by atoms with van der Waals surface area (Å²) in [4.78, 5) is 24.6. The van der Waals surface area contributed by atoms with Gasteiger partial charge in [-0.25, -0.2) is 4.79 Å². The number of carbonyl (C=O) groups is 2.